The van der Waals surface area contributed by atoms with E-state index >= 15 is 0 Å². The number of hydrogen-bond acceptors (Lipinski definition) is 5. The minimum Gasteiger partial charge on any atom is -0.374 e. The molecule has 3 saturated carbocycles. The van der Waals surface area contributed by atoms with Crippen LogP contribution in [0, 0.1) is 17.8 Å². The highest BCUT2D eigenvalue weighted by molar-refractivity contribution is 7.98. The molecule has 0 spiro atoms. The Kier molecular flexibility index (Phi) is 2.91. The summed E-state index contributed by atoms with van der Waals surface area (Å²) in [5.74, 6) is 1.62. The fraction of sp³-hybridized carbons (Fsp3) is 0.800. The van der Waals surface area contributed by atoms with Crippen molar-refractivity contribution in [2.45, 2.75) is 25.7 Å². The van der Waals surface area contributed by atoms with Crippen LogP contribution in [0.1, 0.15) is 25.7 Å². The topological polar surface area (TPSA) is 92.3 Å². The van der Waals surface area contributed by atoms with Crippen LogP contribution in [0.25, 0.3) is 0 Å². The maximum atomic E-state index is 11.4. The Hall–Kier alpha value is -0.600. The first-order chi connectivity index (χ1) is 8.44. The second kappa shape index (κ2) is 4.21. The van der Waals surface area contributed by atoms with Crippen molar-refractivity contribution in [2.24, 2.45) is 17.8 Å². The molecule has 18 heavy (non-hydrogen) atoms. The Morgan fingerprint density at radius 2 is 1.83 bits per heavy atom. The minimum absolute atomic E-state index is 0.360. The molecular formula is C10H16N2O4S2. The van der Waals surface area contributed by atoms with Crippen molar-refractivity contribution in [3.05, 3.63) is 11.3 Å². The summed E-state index contributed by atoms with van der Waals surface area (Å²) in [6.07, 6.45) is 4.65. The first kappa shape index (κ1) is 12.4. The van der Waals surface area contributed by atoms with Crippen LogP contribution in [-0.2, 0) is 20.9 Å². The maximum Gasteiger partial charge on any atom is 0.242 e. The van der Waals surface area contributed by atoms with Gasteiger partial charge in [-0.2, -0.15) is 0 Å². The van der Waals surface area contributed by atoms with Gasteiger partial charge < -0.3 is 5.32 Å². The van der Waals surface area contributed by atoms with E-state index in [1.807, 2.05) is 0 Å². The predicted octanol–water partition coefficient (Wildman–Crippen LogP) is -0.317. The van der Waals surface area contributed by atoms with Crippen LogP contribution in [0.4, 0.5) is 0 Å². The number of allylic oxidation sites excluding steroid dienone is 2. The molecule has 0 saturated heterocycles. The molecule has 0 heterocycles. The van der Waals surface area contributed by atoms with E-state index in [1.54, 1.807) is 4.13 Å². The summed E-state index contributed by atoms with van der Waals surface area (Å²) in [6, 6.07) is 0. The van der Waals surface area contributed by atoms with Crippen LogP contribution in [0.3, 0.4) is 0 Å². The van der Waals surface area contributed by atoms with Crippen molar-refractivity contribution >= 4 is 20.9 Å². The summed E-state index contributed by atoms with van der Waals surface area (Å²) < 4.78 is 45.1. The van der Waals surface area contributed by atoms with Crippen LogP contribution in [0.15, 0.2) is 11.3 Å². The summed E-state index contributed by atoms with van der Waals surface area (Å²) in [7, 11) is -6.91. The van der Waals surface area contributed by atoms with Crippen molar-refractivity contribution < 1.29 is 16.8 Å². The summed E-state index contributed by atoms with van der Waals surface area (Å²) in [4.78, 5) is 0. The number of nitrogens with one attached hydrogen (secondary N) is 2. The second-order valence-corrected chi connectivity index (χ2v) is 8.15. The van der Waals surface area contributed by atoms with Crippen LogP contribution in [-0.4, -0.2) is 22.7 Å². The van der Waals surface area contributed by atoms with Crippen molar-refractivity contribution in [3.63, 3.8) is 0 Å². The van der Waals surface area contributed by atoms with Gasteiger partial charge in [-0.15, -0.1) is 4.13 Å². The molecule has 8 heteroatoms. The van der Waals surface area contributed by atoms with Crippen molar-refractivity contribution in [1.82, 2.24) is 9.44 Å². The van der Waals surface area contributed by atoms with E-state index in [4.69, 9.17) is 0 Å². The summed E-state index contributed by atoms with van der Waals surface area (Å²) in [6.45, 7) is 0. The monoisotopic (exact) mass is 292 g/mol. The Labute approximate surface area is 108 Å². The lowest BCUT2D eigenvalue weighted by Crippen LogP contribution is -2.45. The third kappa shape index (κ3) is 2.17. The van der Waals surface area contributed by atoms with Gasteiger partial charge in [0.1, 0.15) is 5.88 Å². The van der Waals surface area contributed by atoms with Gasteiger partial charge in [0, 0.05) is 5.70 Å². The Morgan fingerprint density at radius 1 is 1.17 bits per heavy atom. The van der Waals surface area contributed by atoms with E-state index in [0.29, 0.717) is 17.8 Å². The molecule has 5 rings (SSSR count). The van der Waals surface area contributed by atoms with Gasteiger partial charge in [-0.1, -0.05) is 0 Å². The van der Waals surface area contributed by atoms with Gasteiger partial charge in [0.25, 0.3) is 0 Å². The van der Waals surface area contributed by atoms with E-state index in [0.717, 1.165) is 12.1 Å². The molecule has 0 radical (unpaired) electrons. The lowest BCUT2D eigenvalue weighted by Gasteiger charge is -2.53. The number of hydrogen-bond donors (Lipinski definition) is 3. The molecule has 3 fully saturated rings. The third-order valence-corrected chi connectivity index (χ3v) is 6.45. The average molecular weight is 292 g/mol. The normalized spacial score (nSPS) is 33.7. The highest BCUT2D eigenvalue weighted by Crippen LogP contribution is 2.58. The van der Waals surface area contributed by atoms with Gasteiger partial charge in [-0.3, -0.25) is 0 Å². The third-order valence-electron chi connectivity index (χ3n) is 4.21. The van der Waals surface area contributed by atoms with Gasteiger partial charge >= 0.3 is 0 Å². The fourth-order valence-electron chi connectivity index (χ4n) is 3.69. The zero-order valence-corrected chi connectivity index (χ0v) is 11.5. The first-order valence-corrected chi connectivity index (χ1v) is 8.89. The molecule has 2 N–H and O–H groups in total. The highest BCUT2D eigenvalue weighted by atomic mass is 32.3. The molecule has 0 aromatic heterocycles. The maximum absolute atomic E-state index is 11.4. The van der Waals surface area contributed by atoms with Gasteiger partial charge in [0.15, 0.2) is 0 Å². The molecule has 5 aliphatic rings. The number of thiol groups is 1. The van der Waals surface area contributed by atoms with E-state index in [1.165, 1.54) is 24.8 Å². The molecular weight excluding hydrogens is 276 g/mol. The molecule has 5 aliphatic carbocycles. The van der Waals surface area contributed by atoms with Crippen molar-refractivity contribution in [2.75, 3.05) is 5.88 Å². The van der Waals surface area contributed by atoms with E-state index in [2.05, 4.69) is 5.32 Å². The van der Waals surface area contributed by atoms with Crippen LogP contribution >= 0.6 is 0 Å². The van der Waals surface area contributed by atoms with Gasteiger partial charge in [0.2, 0.25) is 20.9 Å². The van der Waals surface area contributed by atoms with Crippen LogP contribution < -0.4 is 9.44 Å². The predicted molar refractivity (Wildman–Crippen MR) is 66.3 cm³/mol. The standard InChI is InChI=1S/C10H16N2O4S2/c13-17(14)12-18(15,16)5-11-9-3-6-1-7-4-8(2-6)10(7)9/h6-8,11,17H,1-5H2,(H,12,13,14). The van der Waals surface area contributed by atoms with Crippen LogP contribution in [0.5, 0.6) is 0 Å². The highest BCUT2D eigenvalue weighted by Gasteiger charge is 2.48. The van der Waals surface area contributed by atoms with Gasteiger partial charge in [0.05, 0.1) is 0 Å². The number of sulfonamides is 1. The van der Waals surface area contributed by atoms with Crippen LogP contribution in [0.2, 0.25) is 0 Å². The van der Waals surface area contributed by atoms with E-state index < -0.39 is 20.9 Å². The van der Waals surface area contributed by atoms with Crippen molar-refractivity contribution in [3.8, 4) is 0 Å². The first-order valence-electron chi connectivity index (χ1n) is 6.06. The van der Waals surface area contributed by atoms with Gasteiger partial charge in [-0.25, -0.2) is 16.8 Å². The molecule has 4 bridgehead atoms. The molecule has 0 aromatic carbocycles. The zero-order chi connectivity index (χ0) is 12.9. The Morgan fingerprint density at radius 3 is 2.39 bits per heavy atom. The molecule has 2 unspecified atom stereocenters. The smallest absolute Gasteiger partial charge is 0.242 e. The molecule has 0 aromatic rings. The average Bonchev–Trinajstić information content (AvgIpc) is 2.24. The molecule has 6 nitrogen and oxygen atoms in total. The Balaban J connectivity index is 1.68. The lowest BCUT2D eigenvalue weighted by molar-refractivity contribution is 0.119. The fourth-order valence-corrected chi connectivity index (χ4v) is 5.22. The quantitative estimate of drug-likeness (QED) is 0.604. The lowest BCUT2D eigenvalue weighted by atomic mass is 9.53. The van der Waals surface area contributed by atoms with Gasteiger partial charge in [-0.05, 0) is 49.0 Å². The van der Waals surface area contributed by atoms with E-state index in [9.17, 15) is 16.8 Å². The largest absolute Gasteiger partial charge is 0.374 e. The van der Waals surface area contributed by atoms with E-state index in [-0.39, 0.29) is 5.88 Å². The SMILES string of the molecule is O=[SH](=O)NS(=O)(=O)CNC1=C2C3CC(C1)CC2C3. The summed E-state index contributed by atoms with van der Waals surface area (Å²) in [5, 5.41) is 2.92. The second-order valence-electron chi connectivity index (χ2n) is 5.39. The molecule has 2 atom stereocenters. The molecule has 0 aliphatic heterocycles. The number of rotatable bonds is 5. The molecule has 0 amide bonds. The summed E-state index contributed by atoms with van der Waals surface area (Å²) in [5.41, 5.74) is 2.45. The molecule has 102 valence electrons. The summed E-state index contributed by atoms with van der Waals surface area (Å²) >= 11 is 0. The zero-order valence-electron chi connectivity index (χ0n) is 9.76. The number of fused-ring (bicyclic) bond motifs is 1. The Bertz CT molecular complexity index is 557. The van der Waals surface area contributed by atoms with Crippen molar-refractivity contribution in [1.29, 1.82) is 0 Å². The minimum atomic E-state index is -3.79.